The Morgan fingerprint density at radius 3 is 2.79 bits per heavy atom. The number of aromatic nitrogens is 2. The number of amides is 1. The molecule has 1 fully saturated rings. The number of benzene rings is 1. The van der Waals surface area contributed by atoms with Crippen LogP contribution in [-0.2, 0) is 13.0 Å². The Morgan fingerprint density at radius 1 is 1.38 bits per heavy atom. The number of carboxylic acid groups (broad SMARTS) is 1. The van der Waals surface area contributed by atoms with E-state index in [0.717, 1.165) is 5.56 Å². The van der Waals surface area contributed by atoms with Crippen LogP contribution < -0.4 is 4.74 Å². The summed E-state index contributed by atoms with van der Waals surface area (Å²) in [6.45, 7) is 4.64. The van der Waals surface area contributed by atoms with Crippen molar-refractivity contribution in [2.45, 2.75) is 31.5 Å². The number of imidazole rings is 1. The lowest BCUT2D eigenvalue weighted by atomic mass is 10.0. The van der Waals surface area contributed by atoms with E-state index in [4.69, 9.17) is 4.74 Å². The maximum absolute atomic E-state index is 11.7. The highest BCUT2D eigenvalue weighted by atomic mass is 16.6. The smallest absolute Gasteiger partial charge is 0.415 e. The van der Waals surface area contributed by atoms with E-state index in [-0.39, 0.29) is 17.9 Å². The van der Waals surface area contributed by atoms with Crippen LogP contribution in [-0.4, -0.2) is 73.3 Å². The normalized spacial score (nSPS) is 24.2. The number of carbonyl (C=O) groups is 1. The fraction of sp³-hybridized carbons (Fsp3) is 0.474. The molecular formula is C19H23N5O5. The first-order chi connectivity index (χ1) is 13.8. The van der Waals surface area contributed by atoms with Gasteiger partial charge in [0.25, 0.3) is 0 Å². The summed E-state index contributed by atoms with van der Waals surface area (Å²) in [4.78, 5) is 29.7. The molecule has 3 heterocycles. The van der Waals surface area contributed by atoms with Crippen LogP contribution in [0.3, 0.4) is 0 Å². The molecule has 2 aliphatic rings. The summed E-state index contributed by atoms with van der Waals surface area (Å²) in [5, 5.41) is 20.5. The van der Waals surface area contributed by atoms with Gasteiger partial charge in [-0.05, 0) is 23.8 Å². The molecule has 1 N–H and O–H groups in total. The molecule has 2 unspecified atom stereocenters. The third-order valence-electron chi connectivity index (χ3n) is 5.44. The van der Waals surface area contributed by atoms with Crippen LogP contribution >= 0.6 is 0 Å². The lowest BCUT2D eigenvalue weighted by Gasteiger charge is -2.42. The van der Waals surface area contributed by atoms with E-state index in [0.29, 0.717) is 39.1 Å². The first-order valence-electron chi connectivity index (χ1n) is 9.49. The number of fused-ring (bicyclic) bond motifs is 1. The molecule has 0 bridgehead atoms. The summed E-state index contributed by atoms with van der Waals surface area (Å²) in [7, 11) is 0. The first kappa shape index (κ1) is 19.2. The Bertz CT molecular complexity index is 891. The molecule has 10 nitrogen and oxygen atoms in total. The van der Waals surface area contributed by atoms with Gasteiger partial charge < -0.3 is 24.9 Å². The van der Waals surface area contributed by atoms with Crippen molar-refractivity contribution in [2.24, 2.45) is 0 Å². The van der Waals surface area contributed by atoms with Gasteiger partial charge in [-0.25, -0.2) is 4.79 Å². The maximum Gasteiger partial charge on any atom is 0.415 e. The molecule has 1 aromatic heterocycles. The minimum Gasteiger partial charge on any atom is -0.465 e. The number of piperazine rings is 1. The van der Waals surface area contributed by atoms with Crippen molar-refractivity contribution >= 4 is 11.9 Å². The maximum atomic E-state index is 11.7. The monoisotopic (exact) mass is 401 g/mol. The van der Waals surface area contributed by atoms with Gasteiger partial charge >= 0.3 is 17.9 Å². The number of hydrogen-bond acceptors (Lipinski definition) is 6. The minimum atomic E-state index is -0.902. The fourth-order valence-electron chi connectivity index (χ4n) is 4.21. The Kier molecular flexibility index (Phi) is 4.87. The summed E-state index contributed by atoms with van der Waals surface area (Å²) >= 11 is 0. The van der Waals surface area contributed by atoms with E-state index in [1.54, 1.807) is 4.57 Å². The van der Waals surface area contributed by atoms with E-state index >= 15 is 0 Å². The fourth-order valence-corrected chi connectivity index (χ4v) is 4.21. The quantitative estimate of drug-likeness (QED) is 0.601. The second kappa shape index (κ2) is 7.36. The van der Waals surface area contributed by atoms with Gasteiger partial charge in [-0.15, -0.1) is 0 Å². The SMILES string of the molecule is CC1(CN2CCN(C(=O)O)C(Cc3ccccc3)C2)Cn2cc([N+](=O)[O-])nc2O1. The summed E-state index contributed by atoms with van der Waals surface area (Å²) < 4.78 is 7.59. The summed E-state index contributed by atoms with van der Waals surface area (Å²) in [6.07, 6.45) is 1.14. The molecule has 2 aromatic rings. The van der Waals surface area contributed by atoms with Crippen LogP contribution in [0.5, 0.6) is 6.01 Å². The van der Waals surface area contributed by atoms with E-state index in [1.165, 1.54) is 11.1 Å². The Labute approximate surface area is 167 Å². The van der Waals surface area contributed by atoms with E-state index in [1.807, 2.05) is 37.3 Å². The van der Waals surface area contributed by atoms with Gasteiger partial charge in [-0.1, -0.05) is 30.3 Å². The zero-order valence-corrected chi connectivity index (χ0v) is 16.1. The second-order valence-corrected chi connectivity index (χ2v) is 7.87. The van der Waals surface area contributed by atoms with Crippen molar-refractivity contribution in [3.05, 3.63) is 52.2 Å². The molecule has 4 rings (SSSR count). The third kappa shape index (κ3) is 4.02. The van der Waals surface area contributed by atoms with Crippen molar-refractivity contribution in [3.8, 4) is 6.01 Å². The molecule has 1 amide bonds. The van der Waals surface area contributed by atoms with Gasteiger partial charge in [-0.2, -0.15) is 0 Å². The Hall–Kier alpha value is -3.14. The van der Waals surface area contributed by atoms with Crippen molar-refractivity contribution in [3.63, 3.8) is 0 Å². The van der Waals surface area contributed by atoms with Crippen LogP contribution in [0.4, 0.5) is 10.6 Å². The van der Waals surface area contributed by atoms with Crippen LogP contribution in [0.15, 0.2) is 36.5 Å². The third-order valence-corrected chi connectivity index (χ3v) is 5.44. The van der Waals surface area contributed by atoms with Crippen molar-refractivity contribution in [1.82, 2.24) is 19.4 Å². The Morgan fingerprint density at radius 2 is 2.14 bits per heavy atom. The van der Waals surface area contributed by atoms with Gasteiger partial charge in [0, 0.05) is 31.2 Å². The second-order valence-electron chi connectivity index (χ2n) is 7.87. The Balaban J connectivity index is 1.43. The molecule has 0 saturated carbocycles. The molecule has 0 spiro atoms. The van der Waals surface area contributed by atoms with Gasteiger partial charge in [0.15, 0.2) is 0 Å². The molecule has 2 aliphatic heterocycles. The predicted octanol–water partition coefficient (Wildman–Crippen LogP) is 1.85. The number of ether oxygens (including phenoxy) is 1. The number of nitro groups is 1. The highest BCUT2D eigenvalue weighted by Gasteiger charge is 2.43. The standard InChI is InChI=1S/C19H23N5O5/c1-19(13-22-11-16(24(27)28)20-17(22)29-19)12-21-7-8-23(18(25)26)15(10-21)9-14-5-3-2-4-6-14/h2-6,11,15H,7-10,12-13H2,1H3,(H,25,26). The number of rotatable bonds is 5. The van der Waals surface area contributed by atoms with Gasteiger partial charge in [0.2, 0.25) is 0 Å². The number of nitrogens with zero attached hydrogens (tertiary/aromatic N) is 5. The molecule has 0 aliphatic carbocycles. The predicted molar refractivity (Wildman–Crippen MR) is 103 cm³/mol. The van der Waals surface area contributed by atoms with Crippen molar-refractivity contribution < 1.29 is 19.6 Å². The lowest BCUT2D eigenvalue weighted by Crippen LogP contribution is -2.58. The number of hydrogen-bond donors (Lipinski definition) is 1. The highest BCUT2D eigenvalue weighted by Crippen LogP contribution is 2.32. The molecule has 10 heteroatoms. The zero-order chi connectivity index (χ0) is 20.6. The molecule has 0 radical (unpaired) electrons. The molecule has 2 atom stereocenters. The van der Waals surface area contributed by atoms with Crippen molar-refractivity contribution in [2.75, 3.05) is 26.2 Å². The van der Waals surface area contributed by atoms with Crippen LogP contribution in [0.1, 0.15) is 12.5 Å². The molecule has 1 aromatic carbocycles. The lowest BCUT2D eigenvalue weighted by molar-refractivity contribution is -0.389. The highest BCUT2D eigenvalue weighted by molar-refractivity contribution is 5.65. The largest absolute Gasteiger partial charge is 0.465 e. The molecular weight excluding hydrogens is 378 g/mol. The van der Waals surface area contributed by atoms with E-state index < -0.39 is 16.6 Å². The van der Waals surface area contributed by atoms with Crippen molar-refractivity contribution in [1.29, 1.82) is 0 Å². The topological polar surface area (TPSA) is 114 Å². The van der Waals surface area contributed by atoms with E-state index in [2.05, 4.69) is 9.88 Å². The average Bonchev–Trinajstić information content (AvgIpc) is 3.17. The first-order valence-corrected chi connectivity index (χ1v) is 9.49. The van der Waals surface area contributed by atoms with Gasteiger partial charge in [0.05, 0.1) is 12.6 Å². The van der Waals surface area contributed by atoms with Gasteiger partial charge in [0.1, 0.15) is 11.8 Å². The average molecular weight is 401 g/mol. The van der Waals surface area contributed by atoms with Crippen LogP contribution in [0.2, 0.25) is 0 Å². The summed E-state index contributed by atoms with van der Waals surface area (Å²) in [6, 6.07) is 9.97. The van der Waals surface area contributed by atoms with Gasteiger partial charge in [-0.3, -0.25) is 9.47 Å². The van der Waals surface area contributed by atoms with Crippen LogP contribution in [0.25, 0.3) is 0 Å². The van der Waals surface area contributed by atoms with Crippen LogP contribution in [0, 0.1) is 10.1 Å². The molecule has 29 heavy (non-hydrogen) atoms. The van der Waals surface area contributed by atoms with E-state index in [9.17, 15) is 20.0 Å². The zero-order valence-electron chi connectivity index (χ0n) is 16.1. The molecule has 154 valence electrons. The molecule has 1 saturated heterocycles. The minimum absolute atomic E-state index is 0.146. The summed E-state index contributed by atoms with van der Waals surface area (Å²) in [5.41, 5.74) is 0.529. The summed E-state index contributed by atoms with van der Waals surface area (Å²) in [5.74, 6) is -0.222.